The fourth-order valence-electron chi connectivity index (χ4n) is 1.82. The van der Waals surface area contributed by atoms with Crippen LogP contribution in [-0.4, -0.2) is 23.1 Å². The molecule has 0 fully saturated rings. The van der Waals surface area contributed by atoms with E-state index in [9.17, 15) is 28.1 Å². The molecule has 9 heteroatoms. The van der Waals surface area contributed by atoms with Crippen LogP contribution >= 0.6 is 0 Å². The molecule has 0 N–H and O–H groups in total. The van der Waals surface area contributed by atoms with Crippen LogP contribution in [0.4, 0.5) is 24.5 Å². The number of carbonyl (C=O) groups is 1. The molecule has 134 valence electrons. The topological polar surface area (TPSA) is 75.8 Å². The molecular weight excluding hydrogens is 351 g/mol. The van der Waals surface area contributed by atoms with Gasteiger partial charge in [-0.1, -0.05) is 18.2 Å². The number of hydrogen-bond acceptors (Lipinski definition) is 5. The molecule has 0 spiro atoms. The molecular formula is C17H12F3N3O3. The molecule has 0 heterocycles. The molecule has 0 aromatic heterocycles. The third-order valence-electron chi connectivity index (χ3n) is 3.10. The van der Waals surface area contributed by atoms with Crippen LogP contribution in [0.5, 0.6) is 0 Å². The van der Waals surface area contributed by atoms with Gasteiger partial charge in [-0.25, -0.2) is 5.01 Å². The minimum absolute atomic E-state index is 0.0993. The third kappa shape index (κ3) is 5.26. The van der Waals surface area contributed by atoms with Gasteiger partial charge in [0.2, 0.25) is 0 Å². The lowest BCUT2D eigenvalue weighted by Crippen LogP contribution is -2.21. The Hall–Kier alpha value is -3.49. The van der Waals surface area contributed by atoms with Gasteiger partial charge in [0.1, 0.15) is 0 Å². The fraction of sp³-hybridized carbons (Fsp3) is 0.0588. The van der Waals surface area contributed by atoms with E-state index in [0.717, 1.165) is 11.2 Å². The highest BCUT2D eigenvalue weighted by Crippen LogP contribution is 2.19. The summed E-state index contributed by atoms with van der Waals surface area (Å²) >= 11 is 0. The number of hydrazone groups is 1. The molecule has 26 heavy (non-hydrogen) atoms. The van der Waals surface area contributed by atoms with E-state index >= 15 is 0 Å². The maximum Gasteiger partial charge on any atom is 0.454 e. The molecule has 0 unspecified atom stereocenters. The predicted octanol–water partition coefficient (Wildman–Crippen LogP) is 4.08. The Bertz CT molecular complexity index is 832. The fourth-order valence-corrected chi connectivity index (χ4v) is 1.82. The number of hydrogen-bond donors (Lipinski definition) is 0. The molecule has 2 aromatic carbocycles. The zero-order chi connectivity index (χ0) is 19.2. The first-order valence-corrected chi connectivity index (χ1v) is 7.19. The quantitative estimate of drug-likeness (QED) is 0.335. The van der Waals surface area contributed by atoms with E-state index in [1.54, 1.807) is 30.3 Å². The Morgan fingerprint density at radius 3 is 2.23 bits per heavy atom. The Morgan fingerprint density at radius 1 is 1.08 bits per heavy atom. The first-order valence-electron chi connectivity index (χ1n) is 7.19. The van der Waals surface area contributed by atoms with Crippen LogP contribution in [0.1, 0.15) is 5.56 Å². The zero-order valence-electron chi connectivity index (χ0n) is 13.1. The minimum Gasteiger partial charge on any atom is -0.285 e. The maximum absolute atomic E-state index is 12.3. The largest absolute Gasteiger partial charge is 0.454 e. The average Bonchev–Trinajstić information content (AvgIpc) is 2.61. The van der Waals surface area contributed by atoms with Gasteiger partial charge in [-0.15, -0.1) is 0 Å². The van der Waals surface area contributed by atoms with Crippen LogP contribution in [0.25, 0.3) is 0 Å². The molecule has 0 amide bonds. The number of rotatable bonds is 6. The number of carbonyl (C=O) groups excluding carboxylic acids is 1. The second-order valence-corrected chi connectivity index (χ2v) is 4.95. The Morgan fingerprint density at radius 2 is 1.69 bits per heavy atom. The van der Waals surface area contributed by atoms with Crippen molar-refractivity contribution in [3.8, 4) is 0 Å². The smallest absolute Gasteiger partial charge is 0.285 e. The lowest BCUT2D eigenvalue weighted by atomic mass is 10.2. The van der Waals surface area contributed by atoms with E-state index in [1.807, 2.05) is 0 Å². The van der Waals surface area contributed by atoms with Gasteiger partial charge >= 0.3 is 6.18 Å². The summed E-state index contributed by atoms with van der Waals surface area (Å²) in [4.78, 5) is 21.1. The molecule has 0 radical (unpaired) electrons. The van der Waals surface area contributed by atoms with Crippen LogP contribution in [-0.2, 0) is 4.79 Å². The van der Waals surface area contributed by atoms with Crippen molar-refractivity contribution in [2.24, 2.45) is 5.10 Å². The number of nitro groups is 1. The van der Waals surface area contributed by atoms with Gasteiger partial charge in [0, 0.05) is 24.4 Å². The van der Waals surface area contributed by atoms with E-state index < -0.39 is 16.9 Å². The van der Waals surface area contributed by atoms with Gasteiger partial charge in [0.05, 0.1) is 16.8 Å². The number of nitro benzene ring substituents is 1. The summed E-state index contributed by atoms with van der Waals surface area (Å²) in [6.07, 6.45) is -2.40. The lowest BCUT2D eigenvalue weighted by Gasteiger charge is -2.14. The zero-order valence-corrected chi connectivity index (χ0v) is 13.1. The molecule has 2 rings (SSSR count). The van der Waals surface area contributed by atoms with Crippen LogP contribution in [0.15, 0.2) is 72.0 Å². The standard InChI is InChI=1S/C17H12F3N3O3/c18-17(19,20)16(24)10-11-22(14-4-2-1-3-5-14)21-12-13-6-8-15(9-7-13)23(25)26/h1-12H/b11-10+,21-12+. The first-order chi connectivity index (χ1) is 12.3. The molecule has 0 saturated heterocycles. The number of alkyl halides is 3. The van der Waals surface area contributed by atoms with Crippen molar-refractivity contribution in [1.29, 1.82) is 0 Å². The Kier molecular flexibility index (Phi) is 5.84. The van der Waals surface area contributed by atoms with Crippen molar-refractivity contribution < 1.29 is 22.9 Å². The second-order valence-electron chi connectivity index (χ2n) is 4.95. The number of non-ortho nitro benzene ring substituents is 1. The maximum atomic E-state index is 12.3. The average molecular weight is 363 g/mol. The summed E-state index contributed by atoms with van der Waals surface area (Å²) in [5.74, 6) is -2.01. The molecule has 0 aliphatic carbocycles. The number of benzene rings is 2. The lowest BCUT2D eigenvalue weighted by molar-refractivity contribution is -0.384. The summed E-state index contributed by atoms with van der Waals surface area (Å²) in [6.45, 7) is 0. The van der Waals surface area contributed by atoms with Gasteiger partial charge in [0.15, 0.2) is 0 Å². The van der Waals surface area contributed by atoms with E-state index in [-0.39, 0.29) is 5.69 Å². The highest BCUT2D eigenvalue weighted by atomic mass is 19.4. The van der Waals surface area contributed by atoms with Crippen molar-refractivity contribution in [3.63, 3.8) is 0 Å². The Balaban J connectivity index is 2.25. The number of para-hydroxylation sites is 1. The van der Waals surface area contributed by atoms with Crippen molar-refractivity contribution in [2.75, 3.05) is 5.01 Å². The monoisotopic (exact) mass is 363 g/mol. The number of ketones is 1. The van der Waals surface area contributed by atoms with E-state index in [0.29, 0.717) is 17.3 Å². The second kappa shape index (κ2) is 8.06. The summed E-state index contributed by atoms with van der Waals surface area (Å²) in [7, 11) is 0. The number of nitrogens with zero attached hydrogens (tertiary/aromatic N) is 3. The van der Waals surface area contributed by atoms with Gasteiger partial charge in [-0.2, -0.15) is 18.3 Å². The van der Waals surface area contributed by atoms with Crippen molar-refractivity contribution in [3.05, 3.63) is 82.6 Å². The van der Waals surface area contributed by atoms with Crippen molar-refractivity contribution >= 4 is 23.4 Å². The van der Waals surface area contributed by atoms with Gasteiger partial charge < -0.3 is 0 Å². The van der Waals surface area contributed by atoms with Gasteiger partial charge in [-0.05, 0) is 29.8 Å². The van der Waals surface area contributed by atoms with Crippen LogP contribution in [0.3, 0.4) is 0 Å². The summed E-state index contributed by atoms with van der Waals surface area (Å²) < 4.78 is 37.0. The van der Waals surface area contributed by atoms with Crippen LogP contribution in [0, 0.1) is 10.1 Å². The normalized spacial score (nSPS) is 11.8. The van der Waals surface area contributed by atoms with Crippen LogP contribution < -0.4 is 5.01 Å². The number of allylic oxidation sites excluding steroid dienone is 1. The van der Waals surface area contributed by atoms with E-state index in [2.05, 4.69) is 5.10 Å². The Labute approximate surface area is 146 Å². The molecule has 0 bridgehead atoms. The van der Waals surface area contributed by atoms with Crippen LogP contribution in [0.2, 0.25) is 0 Å². The highest BCUT2D eigenvalue weighted by Gasteiger charge is 2.36. The molecule has 0 aliphatic heterocycles. The predicted molar refractivity (Wildman–Crippen MR) is 89.8 cm³/mol. The summed E-state index contributed by atoms with van der Waals surface area (Å²) in [5.41, 5.74) is 0.821. The molecule has 6 nitrogen and oxygen atoms in total. The molecule has 0 saturated carbocycles. The van der Waals surface area contributed by atoms with Crippen molar-refractivity contribution in [1.82, 2.24) is 0 Å². The van der Waals surface area contributed by atoms with E-state index in [4.69, 9.17) is 0 Å². The summed E-state index contributed by atoms with van der Waals surface area (Å²) in [6, 6.07) is 13.6. The SMILES string of the molecule is O=C(/C=C/N(/N=C/c1ccc([N+](=O)[O-])cc1)c1ccccc1)C(F)(F)F. The van der Waals surface area contributed by atoms with Gasteiger partial charge in [0.25, 0.3) is 11.5 Å². The third-order valence-corrected chi connectivity index (χ3v) is 3.10. The summed E-state index contributed by atoms with van der Waals surface area (Å²) in [5, 5.41) is 15.7. The molecule has 2 aromatic rings. The van der Waals surface area contributed by atoms with Gasteiger partial charge in [-0.3, -0.25) is 14.9 Å². The number of halogens is 3. The van der Waals surface area contributed by atoms with E-state index in [1.165, 1.54) is 30.5 Å². The first kappa shape index (κ1) is 18.8. The molecule has 0 atom stereocenters. The molecule has 0 aliphatic rings. The highest BCUT2D eigenvalue weighted by molar-refractivity contribution is 5.94. The minimum atomic E-state index is -4.97. The number of anilines is 1. The van der Waals surface area contributed by atoms with Crippen molar-refractivity contribution in [2.45, 2.75) is 6.18 Å².